The highest BCUT2D eigenvalue weighted by Crippen LogP contribution is 2.23. The number of hydrogen-bond donors (Lipinski definition) is 1. The Morgan fingerprint density at radius 1 is 0.412 bits per heavy atom. The van der Waals surface area contributed by atoms with Crippen LogP contribution in [0.3, 0.4) is 0 Å². The predicted molar refractivity (Wildman–Crippen MR) is 151 cm³/mol. The average Bonchev–Trinajstić information content (AvgIpc) is 2.88. The van der Waals surface area contributed by atoms with E-state index in [1.165, 1.54) is 133 Å². The van der Waals surface area contributed by atoms with Crippen LogP contribution in [0, 0.1) is 5.92 Å². The molecule has 190 valence electrons. The van der Waals surface area contributed by atoms with E-state index in [9.17, 15) is 0 Å². The molecule has 2 aromatic rings. The minimum Gasteiger partial charge on any atom is -0.330 e. The topological polar surface area (TPSA) is 26.0 Å². The van der Waals surface area contributed by atoms with Gasteiger partial charge in [0.15, 0.2) is 0 Å². The number of benzene rings is 2. The summed E-state index contributed by atoms with van der Waals surface area (Å²) in [6.45, 7) is 0.864. The van der Waals surface area contributed by atoms with Gasteiger partial charge in [-0.25, -0.2) is 0 Å². The first-order valence-corrected chi connectivity index (χ1v) is 14.7. The molecule has 1 heteroatoms. The second-order valence-electron chi connectivity index (χ2n) is 10.4. The maximum atomic E-state index is 5.55. The average molecular weight is 464 g/mol. The number of unbranched alkanes of at least 4 members (excludes halogenated alkanes) is 13. The molecule has 0 bridgehead atoms. The Labute approximate surface area is 211 Å². The molecule has 1 nitrogen and oxygen atoms in total. The maximum absolute atomic E-state index is 5.55. The minimum atomic E-state index is 0.857. The van der Waals surface area contributed by atoms with Gasteiger partial charge in [0.25, 0.3) is 0 Å². The van der Waals surface area contributed by atoms with E-state index >= 15 is 0 Å². The van der Waals surface area contributed by atoms with E-state index in [2.05, 4.69) is 60.7 Å². The molecular weight excluding hydrogens is 410 g/mol. The highest BCUT2D eigenvalue weighted by molar-refractivity contribution is 5.16. The fourth-order valence-electron chi connectivity index (χ4n) is 5.16. The van der Waals surface area contributed by atoms with Crippen LogP contribution in [0.15, 0.2) is 60.7 Å². The molecule has 0 spiro atoms. The van der Waals surface area contributed by atoms with Gasteiger partial charge < -0.3 is 5.73 Å². The van der Waals surface area contributed by atoms with Crippen molar-refractivity contribution >= 4 is 0 Å². The second-order valence-corrected chi connectivity index (χ2v) is 10.4. The summed E-state index contributed by atoms with van der Waals surface area (Å²) in [5.74, 6) is 0.857. The summed E-state index contributed by atoms with van der Waals surface area (Å²) < 4.78 is 0. The van der Waals surface area contributed by atoms with Crippen molar-refractivity contribution in [3.63, 3.8) is 0 Å². The Bertz CT molecular complexity index is 622. The molecule has 0 aliphatic rings. The molecule has 0 radical (unpaired) electrons. The lowest BCUT2D eigenvalue weighted by molar-refractivity contribution is 0.397. The van der Waals surface area contributed by atoms with Crippen molar-refractivity contribution in [2.75, 3.05) is 6.54 Å². The molecule has 0 aromatic heterocycles. The molecule has 2 N–H and O–H groups in total. The first kappa shape index (κ1) is 28.6. The first-order chi connectivity index (χ1) is 16.9. The predicted octanol–water partition coefficient (Wildman–Crippen LogP) is 9.68. The molecule has 0 aliphatic heterocycles. The van der Waals surface area contributed by atoms with Gasteiger partial charge in [-0.2, -0.15) is 0 Å². The summed E-state index contributed by atoms with van der Waals surface area (Å²) in [5.41, 5.74) is 8.55. The molecule has 0 saturated heterocycles. The maximum Gasteiger partial charge on any atom is -0.00773 e. The van der Waals surface area contributed by atoms with E-state index < -0.39 is 0 Å². The van der Waals surface area contributed by atoms with Crippen LogP contribution >= 0.6 is 0 Å². The third-order valence-electron chi connectivity index (χ3n) is 7.43. The Kier molecular flexibility index (Phi) is 17.5. The lowest BCUT2D eigenvalue weighted by Gasteiger charge is -2.17. The fourth-order valence-corrected chi connectivity index (χ4v) is 5.16. The van der Waals surface area contributed by atoms with E-state index in [0.29, 0.717) is 0 Å². The molecule has 0 saturated carbocycles. The number of nitrogens with two attached hydrogens (primary N) is 1. The van der Waals surface area contributed by atoms with E-state index in [-0.39, 0.29) is 0 Å². The van der Waals surface area contributed by atoms with Crippen LogP contribution in [0.1, 0.15) is 120 Å². The van der Waals surface area contributed by atoms with Crippen LogP contribution in [-0.2, 0) is 12.8 Å². The lowest BCUT2D eigenvalue weighted by atomic mass is 9.88. The monoisotopic (exact) mass is 463 g/mol. The number of hydrogen-bond acceptors (Lipinski definition) is 1. The molecule has 2 aromatic carbocycles. The normalized spacial score (nSPS) is 11.4. The van der Waals surface area contributed by atoms with Crippen LogP contribution in [0.25, 0.3) is 0 Å². The highest BCUT2D eigenvalue weighted by atomic mass is 14.5. The van der Waals surface area contributed by atoms with Crippen molar-refractivity contribution < 1.29 is 0 Å². The van der Waals surface area contributed by atoms with E-state index in [1.807, 2.05) is 0 Å². The van der Waals surface area contributed by atoms with Crippen molar-refractivity contribution in [1.29, 1.82) is 0 Å². The number of rotatable bonds is 22. The van der Waals surface area contributed by atoms with Crippen LogP contribution in [0.2, 0.25) is 0 Å². The third-order valence-corrected chi connectivity index (χ3v) is 7.43. The summed E-state index contributed by atoms with van der Waals surface area (Å²) >= 11 is 0. The van der Waals surface area contributed by atoms with Crippen molar-refractivity contribution in [2.45, 2.75) is 122 Å². The zero-order chi connectivity index (χ0) is 23.9. The van der Waals surface area contributed by atoms with Gasteiger partial charge in [0.05, 0.1) is 0 Å². The molecule has 0 unspecified atom stereocenters. The van der Waals surface area contributed by atoms with Crippen LogP contribution in [-0.4, -0.2) is 6.54 Å². The molecule has 2 rings (SSSR count). The highest BCUT2D eigenvalue weighted by Gasteiger charge is 2.10. The third kappa shape index (κ3) is 15.3. The largest absolute Gasteiger partial charge is 0.330 e. The van der Waals surface area contributed by atoms with Gasteiger partial charge in [-0.15, -0.1) is 0 Å². The summed E-state index contributed by atoms with van der Waals surface area (Å²) in [6, 6.07) is 22.1. The van der Waals surface area contributed by atoms with E-state index in [1.54, 1.807) is 0 Å². The summed E-state index contributed by atoms with van der Waals surface area (Å²) in [6.07, 6.45) is 26.3. The first-order valence-electron chi connectivity index (χ1n) is 14.7. The van der Waals surface area contributed by atoms with Crippen LogP contribution in [0.4, 0.5) is 0 Å². The fraction of sp³-hybridized carbons (Fsp3) is 0.636. The van der Waals surface area contributed by atoms with Gasteiger partial charge in [0.1, 0.15) is 0 Å². The van der Waals surface area contributed by atoms with Gasteiger partial charge in [-0.05, 0) is 55.7 Å². The summed E-state index contributed by atoms with van der Waals surface area (Å²) in [5, 5.41) is 0. The van der Waals surface area contributed by atoms with Gasteiger partial charge >= 0.3 is 0 Å². The van der Waals surface area contributed by atoms with Gasteiger partial charge in [0.2, 0.25) is 0 Å². The van der Waals surface area contributed by atoms with Crippen molar-refractivity contribution in [1.82, 2.24) is 0 Å². The molecule has 0 atom stereocenters. The van der Waals surface area contributed by atoms with E-state index in [0.717, 1.165) is 12.5 Å². The van der Waals surface area contributed by atoms with Gasteiger partial charge in [0, 0.05) is 0 Å². The summed E-state index contributed by atoms with van der Waals surface area (Å²) in [4.78, 5) is 0. The van der Waals surface area contributed by atoms with Crippen molar-refractivity contribution in [3.05, 3.63) is 71.8 Å². The lowest BCUT2D eigenvalue weighted by Crippen LogP contribution is -2.05. The second kappa shape index (κ2) is 20.7. The Morgan fingerprint density at radius 3 is 1.15 bits per heavy atom. The van der Waals surface area contributed by atoms with Crippen LogP contribution < -0.4 is 5.73 Å². The van der Waals surface area contributed by atoms with Gasteiger partial charge in [-0.3, -0.25) is 0 Å². The van der Waals surface area contributed by atoms with Crippen molar-refractivity contribution in [2.24, 2.45) is 11.7 Å². The van der Waals surface area contributed by atoms with Crippen LogP contribution in [0.5, 0.6) is 0 Å². The van der Waals surface area contributed by atoms with Gasteiger partial charge in [-0.1, -0.05) is 151 Å². The Balaban J connectivity index is 1.50. The zero-order valence-electron chi connectivity index (χ0n) is 22.1. The molecule has 0 fully saturated rings. The van der Waals surface area contributed by atoms with Crippen molar-refractivity contribution in [3.8, 4) is 0 Å². The quantitative estimate of drug-likeness (QED) is 0.173. The minimum absolute atomic E-state index is 0.857. The Morgan fingerprint density at radius 2 is 0.765 bits per heavy atom. The van der Waals surface area contributed by atoms with E-state index in [4.69, 9.17) is 5.73 Å². The molecule has 0 amide bonds. The molecule has 34 heavy (non-hydrogen) atoms. The molecule has 0 aliphatic carbocycles. The molecule has 0 heterocycles. The Hall–Kier alpha value is -1.60. The number of aryl methyl sites for hydroxylation is 2. The SMILES string of the molecule is NCCCCCCCCCCCCCCCCC(CCc1ccccc1)CCc1ccccc1. The molecular formula is C33H53N. The smallest absolute Gasteiger partial charge is 0.00773 e. The zero-order valence-corrected chi connectivity index (χ0v) is 22.1. The summed E-state index contributed by atoms with van der Waals surface area (Å²) in [7, 11) is 0. The standard InChI is InChI=1S/C33H53N/c34-30-20-12-10-8-6-4-2-1-3-5-7-9-11-15-25-33(28-26-31-21-16-13-17-22-31)29-27-32-23-18-14-19-24-32/h13-14,16-19,21-24,33H,1-12,15,20,25-30,34H2.